The molecule has 2 aliphatic rings. The largest absolute Gasteiger partial charge is 0.463 e. The maximum atomic E-state index is 13.1. The highest BCUT2D eigenvalue weighted by Crippen LogP contribution is 2.32. The van der Waals surface area contributed by atoms with Crippen molar-refractivity contribution in [1.29, 1.82) is 0 Å². The third-order valence-electron chi connectivity index (χ3n) is 7.62. The van der Waals surface area contributed by atoms with Crippen molar-refractivity contribution < 1.29 is 47.7 Å². The summed E-state index contributed by atoms with van der Waals surface area (Å²) in [5, 5.41) is 5.32. The van der Waals surface area contributed by atoms with Crippen LogP contribution in [0.5, 0.6) is 0 Å². The zero-order valence-corrected chi connectivity index (χ0v) is 27.0. The molecule has 0 saturated carbocycles. The van der Waals surface area contributed by atoms with Crippen molar-refractivity contribution in [3.63, 3.8) is 0 Å². The Labute approximate surface area is 271 Å². The Morgan fingerprint density at radius 2 is 1.41 bits per heavy atom. The SMILES string of the molecule is CCCCCCCCCC(=O)OCCOCCOCCOCCOCCNc1cccc2c1C(=O)N(C1CCC(=O)NC1=O)C2=O. The monoisotopic (exact) mass is 647 g/mol. The van der Waals surface area contributed by atoms with Gasteiger partial charge < -0.3 is 29.0 Å². The summed E-state index contributed by atoms with van der Waals surface area (Å²) >= 11 is 0. The van der Waals surface area contributed by atoms with Crippen LogP contribution in [0.25, 0.3) is 0 Å². The van der Waals surface area contributed by atoms with Crippen LogP contribution >= 0.6 is 0 Å². The second-order valence-electron chi connectivity index (χ2n) is 11.1. The maximum absolute atomic E-state index is 13.1. The minimum atomic E-state index is -1.01. The lowest BCUT2D eigenvalue weighted by Gasteiger charge is -2.27. The molecule has 0 radical (unpaired) electrons. The van der Waals surface area contributed by atoms with Crippen LogP contribution in [0.2, 0.25) is 0 Å². The minimum Gasteiger partial charge on any atom is -0.463 e. The van der Waals surface area contributed by atoms with Gasteiger partial charge in [-0.05, 0) is 25.0 Å². The predicted octanol–water partition coefficient (Wildman–Crippen LogP) is 3.25. The summed E-state index contributed by atoms with van der Waals surface area (Å²) in [6.07, 6.45) is 8.81. The fourth-order valence-corrected chi connectivity index (χ4v) is 5.19. The number of ether oxygens (including phenoxy) is 5. The van der Waals surface area contributed by atoms with Crippen LogP contribution in [0.4, 0.5) is 5.69 Å². The maximum Gasteiger partial charge on any atom is 0.305 e. The molecule has 1 saturated heterocycles. The fourth-order valence-electron chi connectivity index (χ4n) is 5.19. The van der Waals surface area contributed by atoms with Crippen molar-refractivity contribution in [3.05, 3.63) is 29.3 Å². The van der Waals surface area contributed by atoms with Gasteiger partial charge in [0.1, 0.15) is 12.6 Å². The topological polar surface area (TPSA) is 159 Å². The molecule has 0 aliphatic carbocycles. The first-order valence-electron chi connectivity index (χ1n) is 16.5. The molecule has 0 aromatic heterocycles. The Kier molecular flexibility index (Phi) is 17.3. The van der Waals surface area contributed by atoms with Crippen LogP contribution in [-0.4, -0.2) is 107 Å². The van der Waals surface area contributed by atoms with E-state index in [0.717, 1.165) is 17.7 Å². The number of hydrogen-bond donors (Lipinski definition) is 2. The lowest BCUT2D eigenvalue weighted by Crippen LogP contribution is -2.54. The van der Waals surface area contributed by atoms with E-state index < -0.39 is 29.7 Å². The quantitative estimate of drug-likeness (QED) is 0.0912. The van der Waals surface area contributed by atoms with Crippen LogP contribution in [0.15, 0.2) is 18.2 Å². The molecular weight excluding hydrogens is 598 g/mol. The van der Waals surface area contributed by atoms with Gasteiger partial charge in [-0.1, -0.05) is 51.5 Å². The van der Waals surface area contributed by atoms with Gasteiger partial charge in [-0.2, -0.15) is 0 Å². The summed E-state index contributed by atoms with van der Waals surface area (Å²) in [5.41, 5.74) is 0.910. The van der Waals surface area contributed by atoms with E-state index in [4.69, 9.17) is 23.7 Å². The number of hydrogen-bond acceptors (Lipinski definition) is 11. The van der Waals surface area contributed by atoms with E-state index in [2.05, 4.69) is 17.6 Å². The zero-order valence-electron chi connectivity index (χ0n) is 27.0. The molecule has 0 bridgehead atoms. The second kappa shape index (κ2) is 21.4. The van der Waals surface area contributed by atoms with Crippen molar-refractivity contribution in [2.45, 2.75) is 77.2 Å². The highest BCUT2D eigenvalue weighted by molar-refractivity contribution is 6.25. The molecule has 1 unspecified atom stereocenters. The molecule has 2 N–H and O–H groups in total. The van der Waals surface area contributed by atoms with Crippen LogP contribution in [0.1, 0.15) is 91.8 Å². The van der Waals surface area contributed by atoms with Crippen molar-refractivity contribution >= 4 is 35.3 Å². The molecule has 1 atom stereocenters. The highest BCUT2D eigenvalue weighted by Gasteiger charge is 2.45. The van der Waals surface area contributed by atoms with E-state index in [1.165, 1.54) is 32.1 Å². The van der Waals surface area contributed by atoms with E-state index in [-0.39, 0.29) is 36.5 Å². The van der Waals surface area contributed by atoms with Gasteiger partial charge in [-0.15, -0.1) is 0 Å². The number of carbonyl (C=O) groups excluding carboxylic acids is 5. The number of rotatable bonds is 25. The van der Waals surface area contributed by atoms with E-state index in [1.807, 2.05) is 0 Å². The molecule has 1 aromatic rings. The summed E-state index contributed by atoms with van der Waals surface area (Å²) in [4.78, 5) is 62.5. The van der Waals surface area contributed by atoms with E-state index in [1.54, 1.807) is 18.2 Å². The molecule has 13 heteroatoms. The first-order valence-corrected chi connectivity index (χ1v) is 16.5. The number of benzene rings is 1. The predicted molar refractivity (Wildman–Crippen MR) is 168 cm³/mol. The third kappa shape index (κ3) is 12.4. The molecule has 1 aromatic carbocycles. The lowest BCUT2D eigenvalue weighted by atomic mass is 10.0. The number of amides is 4. The number of imide groups is 2. The first-order chi connectivity index (χ1) is 22.4. The molecule has 13 nitrogen and oxygen atoms in total. The highest BCUT2D eigenvalue weighted by atomic mass is 16.6. The van der Waals surface area contributed by atoms with Crippen molar-refractivity contribution in [2.75, 3.05) is 71.3 Å². The molecule has 3 rings (SSSR count). The van der Waals surface area contributed by atoms with Crippen LogP contribution in [0, 0.1) is 0 Å². The average Bonchev–Trinajstić information content (AvgIpc) is 3.30. The summed E-state index contributed by atoms with van der Waals surface area (Å²) in [7, 11) is 0. The summed E-state index contributed by atoms with van der Waals surface area (Å²) in [5.74, 6) is -2.33. The van der Waals surface area contributed by atoms with Gasteiger partial charge in [0.25, 0.3) is 11.8 Å². The standard InChI is InChI=1S/C33H49N3O10/c1-2-3-4-5-6-7-8-12-29(38)46-24-23-45-22-21-44-20-19-43-18-17-42-16-15-34-26-11-9-10-25-30(26)33(41)36(32(25)40)27-13-14-28(37)35-31(27)39/h9-11,27,34H,2-8,12-24H2,1H3,(H,35,37,39). The number of nitrogens with one attached hydrogen (secondary N) is 2. The second-order valence-corrected chi connectivity index (χ2v) is 11.1. The first kappa shape index (κ1) is 37.1. The summed E-state index contributed by atoms with van der Waals surface area (Å²) < 4.78 is 27.1. The van der Waals surface area contributed by atoms with E-state index in [0.29, 0.717) is 71.5 Å². The molecular formula is C33H49N3O10. The van der Waals surface area contributed by atoms with E-state index >= 15 is 0 Å². The average molecular weight is 648 g/mol. The molecule has 2 heterocycles. The van der Waals surface area contributed by atoms with Gasteiger partial charge in [0.2, 0.25) is 11.8 Å². The van der Waals surface area contributed by atoms with Gasteiger partial charge in [-0.3, -0.25) is 34.2 Å². The lowest BCUT2D eigenvalue weighted by molar-refractivity contribution is -0.145. The van der Waals surface area contributed by atoms with Crippen molar-refractivity contribution in [3.8, 4) is 0 Å². The number of carbonyl (C=O) groups is 5. The smallest absolute Gasteiger partial charge is 0.305 e. The Balaban J connectivity index is 1.13. The van der Waals surface area contributed by atoms with Gasteiger partial charge in [0.05, 0.1) is 64.0 Å². The van der Waals surface area contributed by atoms with Gasteiger partial charge >= 0.3 is 5.97 Å². The molecule has 4 amide bonds. The Morgan fingerprint density at radius 3 is 2.07 bits per heavy atom. The van der Waals surface area contributed by atoms with Gasteiger partial charge in [0, 0.05) is 25.1 Å². The Hall–Kier alpha value is -3.39. The van der Waals surface area contributed by atoms with Gasteiger partial charge in [0.15, 0.2) is 0 Å². The van der Waals surface area contributed by atoms with Crippen LogP contribution < -0.4 is 10.6 Å². The zero-order chi connectivity index (χ0) is 33.0. The summed E-state index contributed by atoms with van der Waals surface area (Å²) in [6.45, 7) is 5.94. The van der Waals surface area contributed by atoms with Crippen LogP contribution in [0.3, 0.4) is 0 Å². The van der Waals surface area contributed by atoms with Crippen molar-refractivity contribution in [1.82, 2.24) is 10.2 Å². The minimum absolute atomic E-state index is 0.0680. The number of piperidine rings is 1. The number of unbranched alkanes of at least 4 members (excludes halogenated alkanes) is 6. The number of nitrogens with zero attached hydrogens (tertiary/aromatic N) is 1. The third-order valence-corrected chi connectivity index (χ3v) is 7.62. The fraction of sp³-hybridized carbons (Fsp3) is 0.667. The number of fused-ring (bicyclic) bond motifs is 1. The number of esters is 1. The molecule has 0 spiro atoms. The molecule has 1 fully saturated rings. The molecule has 46 heavy (non-hydrogen) atoms. The van der Waals surface area contributed by atoms with Crippen LogP contribution in [-0.2, 0) is 38.1 Å². The summed E-state index contributed by atoms with van der Waals surface area (Å²) in [6, 6.07) is 3.90. The van der Waals surface area contributed by atoms with Gasteiger partial charge in [-0.25, -0.2) is 0 Å². The number of anilines is 1. The molecule has 2 aliphatic heterocycles. The Morgan fingerprint density at radius 1 is 0.804 bits per heavy atom. The van der Waals surface area contributed by atoms with Crippen molar-refractivity contribution in [2.24, 2.45) is 0 Å². The Bertz CT molecular complexity index is 1140. The normalized spacial score (nSPS) is 16.1. The molecule has 256 valence electrons. The van der Waals surface area contributed by atoms with E-state index in [9.17, 15) is 24.0 Å².